The summed E-state index contributed by atoms with van der Waals surface area (Å²) in [6.45, 7) is 0. The summed E-state index contributed by atoms with van der Waals surface area (Å²) in [7, 11) is 0. The van der Waals surface area contributed by atoms with Gasteiger partial charge in [-0.05, 0) is 49.2 Å². The Bertz CT molecular complexity index is 613. The topological polar surface area (TPSA) is 71.3 Å². The van der Waals surface area contributed by atoms with Crippen LogP contribution in [0.15, 0.2) is 47.1 Å². The van der Waals surface area contributed by atoms with Crippen LogP contribution in [0.2, 0.25) is 0 Å². The standard InChI is InChI=1S/C15H14N2O3/c18-14(16-12-7-8-12)10-3-5-11(6-4-10)17-15(19)13-2-1-9-20-13/h1-6,9,12H,7-8H2,(H,16,18)(H,17,19). The molecular weight excluding hydrogens is 256 g/mol. The van der Waals surface area contributed by atoms with E-state index in [1.54, 1.807) is 36.4 Å². The summed E-state index contributed by atoms with van der Waals surface area (Å²) in [6.07, 6.45) is 3.56. The number of anilines is 1. The summed E-state index contributed by atoms with van der Waals surface area (Å²) in [6, 6.07) is 10.4. The number of nitrogens with one attached hydrogen (secondary N) is 2. The second kappa shape index (κ2) is 5.21. The molecule has 0 bridgehead atoms. The number of benzene rings is 1. The lowest BCUT2D eigenvalue weighted by Crippen LogP contribution is -2.25. The first-order valence-electron chi connectivity index (χ1n) is 6.48. The zero-order valence-corrected chi connectivity index (χ0v) is 10.8. The maximum Gasteiger partial charge on any atom is 0.291 e. The summed E-state index contributed by atoms with van der Waals surface area (Å²) in [5.41, 5.74) is 1.21. The summed E-state index contributed by atoms with van der Waals surface area (Å²) >= 11 is 0. The first-order chi connectivity index (χ1) is 9.72. The molecule has 102 valence electrons. The number of hydrogen-bond acceptors (Lipinski definition) is 3. The molecule has 1 aliphatic rings. The fourth-order valence-corrected chi connectivity index (χ4v) is 1.80. The smallest absolute Gasteiger partial charge is 0.291 e. The van der Waals surface area contributed by atoms with Crippen molar-refractivity contribution < 1.29 is 14.0 Å². The summed E-state index contributed by atoms with van der Waals surface area (Å²) < 4.78 is 5.00. The Balaban J connectivity index is 1.63. The molecule has 5 nitrogen and oxygen atoms in total. The second-order valence-corrected chi connectivity index (χ2v) is 4.76. The molecule has 0 unspecified atom stereocenters. The molecule has 0 aliphatic heterocycles. The van der Waals surface area contributed by atoms with Crippen molar-refractivity contribution in [2.75, 3.05) is 5.32 Å². The highest BCUT2D eigenvalue weighted by Gasteiger charge is 2.23. The van der Waals surface area contributed by atoms with Gasteiger partial charge in [-0.3, -0.25) is 9.59 Å². The number of hydrogen-bond donors (Lipinski definition) is 2. The third-order valence-corrected chi connectivity index (χ3v) is 3.06. The van der Waals surface area contributed by atoms with Crippen molar-refractivity contribution in [3.8, 4) is 0 Å². The molecule has 2 amide bonds. The predicted octanol–water partition coefficient (Wildman–Crippen LogP) is 2.42. The summed E-state index contributed by atoms with van der Waals surface area (Å²) in [4.78, 5) is 23.6. The molecule has 1 aromatic carbocycles. The van der Waals surface area contributed by atoms with E-state index < -0.39 is 0 Å². The highest BCUT2D eigenvalue weighted by molar-refractivity contribution is 6.02. The van der Waals surface area contributed by atoms with Gasteiger partial charge in [0.05, 0.1) is 6.26 Å². The fraction of sp³-hybridized carbons (Fsp3) is 0.200. The molecule has 20 heavy (non-hydrogen) atoms. The van der Waals surface area contributed by atoms with Gasteiger partial charge >= 0.3 is 0 Å². The van der Waals surface area contributed by atoms with E-state index >= 15 is 0 Å². The molecule has 1 saturated carbocycles. The van der Waals surface area contributed by atoms with Crippen LogP contribution in [-0.4, -0.2) is 17.9 Å². The third-order valence-electron chi connectivity index (χ3n) is 3.06. The van der Waals surface area contributed by atoms with Gasteiger partial charge in [0, 0.05) is 17.3 Å². The lowest BCUT2D eigenvalue weighted by Gasteiger charge is -2.06. The minimum Gasteiger partial charge on any atom is -0.459 e. The molecule has 2 N–H and O–H groups in total. The molecule has 5 heteroatoms. The molecule has 3 rings (SSSR count). The lowest BCUT2D eigenvalue weighted by molar-refractivity contribution is 0.0950. The van der Waals surface area contributed by atoms with Crippen molar-refractivity contribution in [1.29, 1.82) is 0 Å². The van der Waals surface area contributed by atoms with E-state index in [0.29, 0.717) is 17.3 Å². The van der Waals surface area contributed by atoms with Gasteiger partial charge in [-0.25, -0.2) is 0 Å². The number of furan rings is 1. The Morgan fingerprint density at radius 2 is 1.80 bits per heavy atom. The van der Waals surface area contributed by atoms with Gasteiger partial charge in [-0.2, -0.15) is 0 Å². The van der Waals surface area contributed by atoms with E-state index in [2.05, 4.69) is 10.6 Å². The molecule has 1 heterocycles. The monoisotopic (exact) mass is 270 g/mol. The average molecular weight is 270 g/mol. The Morgan fingerprint density at radius 1 is 1.05 bits per heavy atom. The van der Waals surface area contributed by atoms with Crippen LogP contribution in [-0.2, 0) is 0 Å². The molecule has 0 atom stereocenters. The molecular formula is C15H14N2O3. The molecule has 0 radical (unpaired) electrons. The SMILES string of the molecule is O=C(NC1CC1)c1ccc(NC(=O)c2ccco2)cc1. The molecule has 0 saturated heterocycles. The lowest BCUT2D eigenvalue weighted by atomic mass is 10.2. The van der Waals surface area contributed by atoms with E-state index in [0.717, 1.165) is 12.8 Å². The van der Waals surface area contributed by atoms with Crippen LogP contribution in [0, 0.1) is 0 Å². The minimum absolute atomic E-state index is 0.0728. The van der Waals surface area contributed by atoms with Crippen molar-refractivity contribution in [3.05, 3.63) is 54.0 Å². The van der Waals surface area contributed by atoms with E-state index in [1.165, 1.54) is 6.26 Å². The van der Waals surface area contributed by atoms with Crippen LogP contribution >= 0.6 is 0 Å². The molecule has 0 spiro atoms. The third kappa shape index (κ3) is 2.88. The van der Waals surface area contributed by atoms with Crippen molar-refractivity contribution >= 4 is 17.5 Å². The normalized spacial score (nSPS) is 13.8. The minimum atomic E-state index is -0.315. The van der Waals surface area contributed by atoms with E-state index in [1.807, 2.05) is 0 Å². The Morgan fingerprint density at radius 3 is 2.40 bits per heavy atom. The molecule has 1 fully saturated rings. The summed E-state index contributed by atoms with van der Waals surface area (Å²) in [5.74, 6) is -0.137. The van der Waals surface area contributed by atoms with Gasteiger partial charge in [0.15, 0.2) is 5.76 Å². The number of carbonyl (C=O) groups is 2. The summed E-state index contributed by atoms with van der Waals surface area (Å²) in [5, 5.41) is 5.61. The average Bonchev–Trinajstić information content (AvgIpc) is 3.08. The Hall–Kier alpha value is -2.56. The van der Waals surface area contributed by atoms with Gasteiger partial charge in [-0.1, -0.05) is 0 Å². The van der Waals surface area contributed by atoms with Crippen molar-refractivity contribution in [2.24, 2.45) is 0 Å². The van der Waals surface area contributed by atoms with Crippen molar-refractivity contribution in [2.45, 2.75) is 18.9 Å². The van der Waals surface area contributed by atoms with Crippen molar-refractivity contribution in [1.82, 2.24) is 5.32 Å². The van der Waals surface area contributed by atoms with E-state index in [-0.39, 0.29) is 17.6 Å². The first-order valence-corrected chi connectivity index (χ1v) is 6.48. The second-order valence-electron chi connectivity index (χ2n) is 4.76. The highest BCUT2D eigenvalue weighted by Crippen LogP contribution is 2.19. The van der Waals surface area contributed by atoms with E-state index in [4.69, 9.17) is 4.42 Å². The van der Waals surface area contributed by atoms with E-state index in [9.17, 15) is 9.59 Å². The Kier molecular flexibility index (Phi) is 3.25. The number of amides is 2. The number of rotatable bonds is 4. The van der Waals surface area contributed by atoms with Gasteiger partial charge in [-0.15, -0.1) is 0 Å². The zero-order chi connectivity index (χ0) is 13.9. The fourth-order valence-electron chi connectivity index (χ4n) is 1.80. The maximum absolute atomic E-state index is 11.8. The molecule has 1 aliphatic carbocycles. The molecule has 1 aromatic heterocycles. The largest absolute Gasteiger partial charge is 0.459 e. The zero-order valence-electron chi connectivity index (χ0n) is 10.8. The van der Waals surface area contributed by atoms with Gasteiger partial charge in [0.2, 0.25) is 0 Å². The van der Waals surface area contributed by atoms with Crippen LogP contribution in [0.1, 0.15) is 33.8 Å². The van der Waals surface area contributed by atoms with Crippen LogP contribution in [0.25, 0.3) is 0 Å². The number of carbonyl (C=O) groups excluding carboxylic acids is 2. The van der Waals surface area contributed by atoms with Gasteiger partial charge in [0.1, 0.15) is 0 Å². The quantitative estimate of drug-likeness (QED) is 0.896. The highest BCUT2D eigenvalue weighted by atomic mass is 16.3. The van der Waals surface area contributed by atoms with Gasteiger partial charge < -0.3 is 15.1 Å². The molecule has 2 aromatic rings. The van der Waals surface area contributed by atoms with Gasteiger partial charge in [0.25, 0.3) is 11.8 Å². The van der Waals surface area contributed by atoms with Crippen LogP contribution in [0.4, 0.5) is 5.69 Å². The maximum atomic E-state index is 11.8. The predicted molar refractivity (Wildman–Crippen MR) is 73.6 cm³/mol. The van der Waals surface area contributed by atoms with Crippen molar-refractivity contribution in [3.63, 3.8) is 0 Å². The van der Waals surface area contributed by atoms with Crippen LogP contribution in [0.3, 0.4) is 0 Å². The first kappa shape index (κ1) is 12.5. The Labute approximate surface area is 116 Å². The van der Waals surface area contributed by atoms with Crippen LogP contribution in [0.5, 0.6) is 0 Å². The van der Waals surface area contributed by atoms with Crippen LogP contribution < -0.4 is 10.6 Å².